The number of ketones is 1. The van der Waals surface area contributed by atoms with E-state index in [1.807, 2.05) is 36.4 Å². The number of fused-ring (bicyclic) bond motifs is 1. The third-order valence-electron chi connectivity index (χ3n) is 12.4. The zero-order chi connectivity index (χ0) is 44.5. The van der Waals surface area contributed by atoms with Gasteiger partial charge in [-0.15, -0.1) is 0 Å². The molecule has 3 saturated heterocycles. The number of carbonyl (C=O) groups is 3. The van der Waals surface area contributed by atoms with E-state index in [0.717, 1.165) is 73.5 Å². The van der Waals surface area contributed by atoms with Gasteiger partial charge in [-0.2, -0.15) is 12.7 Å². The second kappa shape index (κ2) is 18.2. The summed E-state index contributed by atoms with van der Waals surface area (Å²) in [6, 6.07) is 14.5. The van der Waals surface area contributed by atoms with Crippen molar-refractivity contribution in [3.05, 3.63) is 102 Å². The van der Waals surface area contributed by atoms with Gasteiger partial charge in [0.05, 0.1) is 29.9 Å². The third-order valence-corrected chi connectivity index (χ3v) is 14.0. The van der Waals surface area contributed by atoms with Crippen LogP contribution in [0.5, 0.6) is 0 Å². The van der Waals surface area contributed by atoms with Crippen LogP contribution in [0.2, 0.25) is 0 Å². The number of ether oxygens (including phenoxy) is 1. The zero-order valence-corrected chi connectivity index (χ0v) is 35.7. The number of nitrogens with zero attached hydrogens (tertiary/aromatic N) is 4. The molecule has 0 bridgehead atoms. The van der Waals surface area contributed by atoms with Gasteiger partial charge < -0.3 is 35.7 Å². The Morgan fingerprint density at radius 2 is 1.64 bits per heavy atom. The van der Waals surface area contributed by atoms with Crippen molar-refractivity contribution in [2.75, 3.05) is 41.1 Å². The minimum absolute atomic E-state index is 0.0254. The summed E-state index contributed by atoms with van der Waals surface area (Å²) in [7, 11) is -4.09. The van der Waals surface area contributed by atoms with Crippen molar-refractivity contribution >= 4 is 56.0 Å². The minimum atomic E-state index is -4.09. The summed E-state index contributed by atoms with van der Waals surface area (Å²) >= 11 is 0. The molecule has 2 aromatic carbocycles. The molecule has 3 aliphatic heterocycles. The van der Waals surface area contributed by atoms with E-state index in [2.05, 4.69) is 35.5 Å². The molecule has 64 heavy (non-hydrogen) atoms. The Bertz CT molecular complexity index is 2650. The molecular weight excluding hydrogens is 849 g/mol. The molecule has 1 saturated carbocycles. The summed E-state index contributed by atoms with van der Waals surface area (Å²) in [5, 5.41) is 18.7. The normalized spacial score (nSPS) is 21.9. The molecular formula is C45H49F2N9O7S. The first kappa shape index (κ1) is 43.2. The number of rotatable bonds is 14. The van der Waals surface area contributed by atoms with Crippen LogP contribution < -0.4 is 25.6 Å². The minimum Gasteiger partial charge on any atom is -0.375 e. The Hall–Kier alpha value is -6.02. The molecule has 16 nitrogen and oxygen atoms in total. The summed E-state index contributed by atoms with van der Waals surface area (Å²) < 4.78 is 66.2. The molecule has 6 heterocycles. The Balaban J connectivity index is 0.742. The molecule has 19 heteroatoms. The first-order chi connectivity index (χ1) is 30.9. The lowest BCUT2D eigenvalue weighted by Crippen LogP contribution is -2.50. The zero-order valence-electron chi connectivity index (χ0n) is 34.9. The first-order valence-electron chi connectivity index (χ1n) is 21.6. The van der Waals surface area contributed by atoms with Gasteiger partial charge in [0, 0.05) is 78.6 Å². The number of anilines is 3. The number of nitrogens with one attached hydrogen (secondary N) is 5. The van der Waals surface area contributed by atoms with Crippen molar-refractivity contribution in [3.63, 3.8) is 0 Å². The van der Waals surface area contributed by atoms with Gasteiger partial charge in [-0.05, 0) is 99.4 Å². The highest BCUT2D eigenvalue weighted by Gasteiger charge is 2.35. The quantitative estimate of drug-likeness (QED) is 0.0837. The molecule has 9 rings (SSSR count). The lowest BCUT2D eigenvalue weighted by molar-refractivity contribution is -0.127. The molecule has 336 valence electrons. The molecule has 0 radical (unpaired) electrons. The van der Waals surface area contributed by atoms with Crippen LogP contribution in [0.3, 0.4) is 0 Å². The lowest BCUT2D eigenvalue weighted by atomic mass is 9.88. The fourth-order valence-electron chi connectivity index (χ4n) is 8.80. The summed E-state index contributed by atoms with van der Waals surface area (Å²) in [4.78, 5) is 52.8. The van der Waals surface area contributed by atoms with Crippen LogP contribution in [0, 0.1) is 11.6 Å². The molecule has 5 aromatic rings. The Morgan fingerprint density at radius 3 is 2.36 bits per heavy atom. The van der Waals surface area contributed by atoms with Crippen molar-refractivity contribution in [1.29, 1.82) is 0 Å². The summed E-state index contributed by atoms with van der Waals surface area (Å²) in [5.74, 6) is -2.88. The molecule has 4 fully saturated rings. The van der Waals surface area contributed by atoms with E-state index in [4.69, 9.17) is 9.72 Å². The van der Waals surface area contributed by atoms with Gasteiger partial charge in [-0.1, -0.05) is 12.1 Å². The van der Waals surface area contributed by atoms with E-state index in [9.17, 15) is 27.9 Å². The highest BCUT2D eigenvalue weighted by atomic mass is 32.2. The van der Waals surface area contributed by atoms with E-state index in [1.54, 1.807) is 18.5 Å². The molecule has 2 atom stereocenters. The monoisotopic (exact) mass is 897 g/mol. The molecule has 3 aromatic heterocycles. The van der Waals surface area contributed by atoms with Gasteiger partial charge in [0.25, 0.3) is 0 Å². The van der Waals surface area contributed by atoms with E-state index in [0.29, 0.717) is 42.3 Å². The number of halogens is 2. The van der Waals surface area contributed by atoms with Gasteiger partial charge >= 0.3 is 10.2 Å². The van der Waals surface area contributed by atoms with E-state index >= 15 is 8.78 Å². The number of H-pyrrole nitrogens is 1. The standard InChI is InChI=1S/C45H49F2N9O7S/c46-35-8-9-36(54-64(61,62)56-15-1-2-16-56)42(47)41(35)43(59)34-25-50-44-33(34)20-28(24-49-44)27-5-11-38(48-23-27)55-17-13-31(14-18-55)63-32-21-30(22-32)52-40(58)19-26-3-6-29(7-4-26)51-37-10-12-39(57)53-45(37)60/h3-9,11,20,23-25,30-32,37,39,51,54,57H,1-2,10,12-19,21-22H2,(H,49,50)(H,52,58)(H,53,60). The topological polar surface area (TPSA) is 211 Å². The van der Waals surface area contributed by atoms with Crippen molar-refractivity contribution in [3.8, 4) is 11.1 Å². The number of carbonyl (C=O) groups excluding carboxylic acids is 3. The molecule has 2 unspecified atom stereocenters. The molecule has 1 aliphatic carbocycles. The third kappa shape index (κ3) is 9.43. The van der Waals surface area contributed by atoms with Gasteiger partial charge in [0.15, 0.2) is 5.82 Å². The second-order valence-corrected chi connectivity index (χ2v) is 18.6. The van der Waals surface area contributed by atoms with E-state index in [-0.39, 0.29) is 55.1 Å². The summed E-state index contributed by atoms with van der Waals surface area (Å²) in [6.07, 6.45) is 9.87. The van der Waals surface area contributed by atoms with Crippen LogP contribution in [0.15, 0.2) is 73.2 Å². The van der Waals surface area contributed by atoms with Gasteiger partial charge in [0.1, 0.15) is 29.6 Å². The number of hydrogen-bond acceptors (Lipinski definition) is 11. The number of aliphatic hydroxyl groups is 1. The number of amides is 2. The average Bonchev–Trinajstić information content (AvgIpc) is 3.98. The van der Waals surface area contributed by atoms with E-state index < -0.39 is 51.1 Å². The average molecular weight is 898 g/mol. The van der Waals surface area contributed by atoms with Crippen LogP contribution >= 0.6 is 0 Å². The maximum absolute atomic E-state index is 15.7. The SMILES string of the molecule is O=C(Cc1ccc(NC2CCC(O)NC2=O)cc1)NC1CC(OC2CCN(c3ccc(-c4cnc5[nH]cc(C(=O)c6c(F)ccc(NS(=O)(=O)N7CCCC7)c6F)c5c4)cn3)CC2)C1. The number of aromatic nitrogens is 3. The number of benzene rings is 2. The maximum Gasteiger partial charge on any atom is 0.301 e. The van der Waals surface area contributed by atoms with Crippen LogP contribution in [0.1, 0.15) is 72.9 Å². The molecule has 0 spiro atoms. The van der Waals surface area contributed by atoms with Gasteiger partial charge in [-0.3, -0.25) is 19.1 Å². The molecule has 2 amide bonds. The molecule has 6 N–H and O–H groups in total. The Kier molecular flexibility index (Phi) is 12.3. The number of aliphatic hydroxyl groups excluding tert-OH is 1. The van der Waals surface area contributed by atoms with Gasteiger partial charge in [-0.25, -0.2) is 18.7 Å². The summed E-state index contributed by atoms with van der Waals surface area (Å²) in [5.41, 5.74) is 1.91. The van der Waals surface area contributed by atoms with Crippen molar-refractivity contribution < 1.29 is 41.4 Å². The second-order valence-electron chi connectivity index (χ2n) is 16.9. The smallest absolute Gasteiger partial charge is 0.301 e. The van der Waals surface area contributed by atoms with Crippen LogP contribution in [-0.4, -0.2) is 107 Å². The Morgan fingerprint density at radius 1 is 0.891 bits per heavy atom. The number of aromatic amines is 1. The summed E-state index contributed by atoms with van der Waals surface area (Å²) in [6.45, 7) is 2.08. The number of hydrogen-bond donors (Lipinski definition) is 6. The predicted molar refractivity (Wildman–Crippen MR) is 235 cm³/mol. The van der Waals surface area contributed by atoms with Crippen LogP contribution in [0.4, 0.5) is 26.0 Å². The number of pyridine rings is 2. The Labute approximate surface area is 368 Å². The first-order valence-corrected chi connectivity index (χ1v) is 23.1. The lowest BCUT2D eigenvalue weighted by Gasteiger charge is -2.40. The number of piperidine rings is 2. The van der Waals surface area contributed by atoms with Crippen LogP contribution in [0.25, 0.3) is 22.2 Å². The largest absolute Gasteiger partial charge is 0.375 e. The fourth-order valence-corrected chi connectivity index (χ4v) is 10.1. The maximum atomic E-state index is 15.7. The van der Waals surface area contributed by atoms with Gasteiger partial charge in [0.2, 0.25) is 17.6 Å². The van der Waals surface area contributed by atoms with Crippen LogP contribution in [-0.2, 0) is 31.0 Å². The highest BCUT2D eigenvalue weighted by Crippen LogP contribution is 2.32. The van der Waals surface area contributed by atoms with Crippen molar-refractivity contribution in [1.82, 2.24) is 29.9 Å². The molecule has 4 aliphatic rings. The fraction of sp³-hybridized carbons (Fsp3) is 0.400. The van der Waals surface area contributed by atoms with Crippen molar-refractivity contribution in [2.24, 2.45) is 0 Å². The van der Waals surface area contributed by atoms with E-state index in [1.165, 1.54) is 10.5 Å². The van der Waals surface area contributed by atoms with Crippen molar-refractivity contribution in [2.45, 2.75) is 88.3 Å². The predicted octanol–water partition coefficient (Wildman–Crippen LogP) is 4.77. The highest BCUT2D eigenvalue weighted by molar-refractivity contribution is 7.90.